The van der Waals surface area contributed by atoms with E-state index in [1.54, 1.807) is 0 Å². The Morgan fingerprint density at radius 2 is 2.55 bits per heavy atom. The second kappa shape index (κ2) is 3.29. The number of nitrogens with one attached hydrogen (secondary N) is 1. The van der Waals surface area contributed by atoms with Crippen LogP contribution >= 0.6 is 12.2 Å². The lowest BCUT2D eigenvalue weighted by Gasteiger charge is -1.86. The topological polar surface area (TPSA) is 79.1 Å². The largest absolute Gasteiger partial charge is 0.481 e. The quantitative estimate of drug-likeness (QED) is 0.661. The molecular weight excluding hydrogens is 168 g/mol. The van der Waals surface area contributed by atoms with Crippen molar-refractivity contribution in [2.24, 2.45) is 0 Å². The first kappa shape index (κ1) is 7.93. The zero-order chi connectivity index (χ0) is 8.27. The molecule has 1 aromatic heterocycles. The van der Waals surface area contributed by atoms with Gasteiger partial charge in [0.05, 0.1) is 6.42 Å². The van der Waals surface area contributed by atoms with Gasteiger partial charge in [-0.3, -0.25) is 4.79 Å². The molecular formula is C5H6N2O3S. The van der Waals surface area contributed by atoms with Gasteiger partial charge in [0.1, 0.15) is 0 Å². The number of nitrogens with zero attached hydrogens (tertiary/aromatic N) is 1. The Kier molecular flexibility index (Phi) is 2.37. The van der Waals surface area contributed by atoms with Crippen LogP contribution in [0, 0.1) is 4.84 Å². The fraction of sp³-hybridized carbons (Fsp3) is 0.400. The van der Waals surface area contributed by atoms with Crippen molar-refractivity contribution in [3.8, 4) is 0 Å². The lowest BCUT2D eigenvalue weighted by molar-refractivity contribution is -0.137. The summed E-state index contributed by atoms with van der Waals surface area (Å²) < 4.78 is 4.82. The van der Waals surface area contributed by atoms with Gasteiger partial charge in [0.15, 0.2) is 0 Å². The van der Waals surface area contributed by atoms with E-state index in [1.165, 1.54) is 0 Å². The second-order valence-electron chi connectivity index (χ2n) is 1.90. The molecule has 0 fully saturated rings. The van der Waals surface area contributed by atoms with E-state index in [2.05, 4.69) is 22.4 Å². The van der Waals surface area contributed by atoms with Gasteiger partial charge in [-0.25, -0.2) is 5.10 Å². The number of carboxylic acid groups (broad SMARTS) is 1. The van der Waals surface area contributed by atoms with Crippen LogP contribution < -0.4 is 0 Å². The van der Waals surface area contributed by atoms with Gasteiger partial charge in [0.25, 0.3) is 4.84 Å². The Labute approximate surface area is 67.0 Å². The maximum absolute atomic E-state index is 10.1. The summed E-state index contributed by atoms with van der Waals surface area (Å²) in [6.07, 6.45) is 0.269. The smallest absolute Gasteiger partial charge is 0.303 e. The molecule has 0 spiro atoms. The Balaban J connectivity index is 2.51. The lowest BCUT2D eigenvalue weighted by atomic mass is 10.3. The van der Waals surface area contributed by atoms with E-state index in [-0.39, 0.29) is 17.7 Å². The van der Waals surface area contributed by atoms with Gasteiger partial charge >= 0.3 is 5.97 Å². The van der Waals surface area contributed by atoms with Crippen LogP contribution in [0.1, 0.15) is 12.3 Å². The Morgan fingerprint density at radius 1 is 1.82 bits per heavy atom. The SMILES string of the molecule is O=C(O)CCc1n[nH]c(=S)o1. The number of aliphatic carboxylic acids is 1. The highest BCUT2D eigenvalue weighted by Gasteiger charge is 2.02. The molecule has 6 heteroatoms. The third-order valence-corrected chi connectivity index (χ3v) is 1.21. The van der Waals surface area contributed by atoms with E-state index < -0.39 is 5.97 Å². The van der Waals surface area contributed by atoms with E-state index in [0.29, 0.717) is 5.89 Å². The van der Waals surface area contributed by atoms with Crippen LogP contribution in [0.15, 0.2) is 4.42 Å². The average molecular weight is 174 g/mol. The minimum Gasteiger partial charge on any atom is -0.481 e. The number of aryl methyl sites for hydroxylation is 1. The van der Waals surface area contributed by atoms with Gasteiger partial charge in [-0.2, -0.15) is 0 Å². The van der Waals surface area contributed by atoms with Crippen molar-refractivity contribution in [2.45, 2.75) is 12.8 Å². The Bertz CT molecular complexity index is 303. The number of aromatic nitrogens is 2. The second-order valence-corrected chi connectivity index (χ2v) is 2.27. The molecule has 0 aliphatic heterocycles. The molecule has 0 radical (unpaired) electrons. The summed E-state index contributed by atoms with van der Waals surface area (Å²) in [5.41, 5.74) is 0. The van der Waals surface area contributed by atoms with Crippen molar-refractivity contribution in [1.29, 1.82) is 0 Å². The molecule has 0 aliphatic rings. The van der Waals surface area contributed by atoms with Crippen molar-refractivity contribution >= 4 is 18.2 Å². The number of hydrogen-bond acceptors (Lipinski definition) is 4. The number of hydrogen-bond donors (Lipinski definition) is 2. The summed E-state index contributed by atoms with van der Waals surface area (Å²) in [5, 5.41) is 14.3. The van der Waals surface area contributed by atoms with Crippen LogP contribution in [0.3, 0.4) is 0 Å². The Hall–Kier alpha value is -1.17. The lowest BCUT2D eigenvalue weighted by Crippen LogP contribution is -1.97. The van der Waals surface area contributed by atoms with Crippen LogP contribution in [0.5, 0.6) is 0 Å². The molecule has 0 unspecified atom stereocenters. The standard InChI is InChI=1S/C5H6N2O3S/c8-4(9)2-1-3-6-7-5(11)10-3/h1-2H2,(H,7,11)(H,8,9). The van der Waals surface area contributed by atoms with Gasteiger partial charge in [-0.1, -0.05) is 0 Å². The fourth-order valence-corrected chi connectivity index (χ4v) is 0.723. The van der Waals surface area contributed by atoms with Crippen LogP contribution in [0.2, 0.25) is 0 Å². The number of H-pyrrole nitrogens is 1. The Morgan fingerprint density at radius 3 is 3.00 bits per heavy atom. The monoisotopic (exact) mass is 174 g/mol. The zero-order valence-electron chi connectivity index (χ0n) is 5.53. The zero-order valence-corrected chi connectivity index (χ0v) is 6.35. The molecule has 0 aliphatic carbocycles. The highest BCUT2D eigenvalue weighted by Crippen LogP contribution is 1.98. The minimum absolute atomic E-state index is 0.00310. The molecule has 0 bridgehead atoms. The predicted molar refractivity (Wildman–Crippen MR) is 37.6 cm³/mol. The molecule has 0 amide bonds. The molecule has 0 saturated heterocycles. The maximum atomic E-state index is 10.1. The van der Waals surface area contributed by atoms with E-state index in [9.17, 15) is 4.79 Å². The fourth-order valence-electron chi connectivity index (χ4n) is 0.581. The van der Waals surface area contributed by atoms with Crippen molar-refractivity contribution in [1.82, 2.24) is 10.2 Å². The third kappa shape index (κ3) is 2.50. The molecule has 11 heavy (non-hydrogen) atoms. The van der Waals surface area contributed by atoms with E-state index in [0.717, 1.165) is 0 Å². The van der Waals surface area contributed by atoms with Gasteiger partial charge in [0.2, 0.25) is 5.89 Å². The van der Waals surface area contributed by atoms with E-state index in [1.807, 2.05) is 0 Å². The molecule has 1 heterocycles. The number of rotatable bonds is 3. The number of carbonyl (C=O) groups is 1. The molecule has 5 nitrogen and oxygen atoms in total. The summed E-state index contributed by atoms with van der Waals surface area (Å²) in [6, 6.07) is 0. The van der Waals surface area contributed by atoms with Gasteiger partial charge in [-0.15, -0.1) is 5.10 Å². The first-order valence-electron chi connectivity index (χ1n) is 2.94. The highest BCUT2D eigenvalue weighted by molar-refractivity contribution is 7.71. The number of carboxylic acids is 1. The number of aromatic amines is 1. The summed E-state index contributed by atoms with van der Waals surface area (Å²) >= 11 is 4.58. The average Bonchev–Trinajstić information content (AvgIpc) is 2.31. The molecule has 1 aromatic rings. The third-order valence-electron chi connectivity index (χ3n) is 1.04. The summed E-state index contributed by atoms with van der Waals surface area (Å²) in [7, 11) is 0. The summed E-state index contributed by atoms with van der Waals surface area (Å²) in [4.78, 5) is 10.2. The van der Waals surface area contributed by atoms with Gasteiger partial charge in [-0.05, 0) is 12.2 Å². The van der Waals surface area contributed by atoms with Crippen LogP contribution in [0.25, 0.3) is 0 Å². The summed E-state index contributed by atoms with van der Waals surface area (Å²) in [5.74, 6) is -0.550. The molecule has 0 aromatic carbocycles. The van der Waals surface area contributed by atoms with Crippen molar-refractivity contribution in [3.63, 3.8) is 0 Å². The first-order valence-corrected chi connectivity index (χ1v) is 3.35. The van der Waals surface area contributed by atoms with Crippen LogP contribution in [-0.4, -0.2) is 21.3 Å². The minimum atomic E-state index is -0.880. The highest BCUT2D eigenvalue weighted by atomic mass is 32.1. The maximum Gasteiger partial charge on any atom is 0.303 e. The van der Waals surface area contributed by atoms with E-state index >= 15 is 0 Å². The predicted octanol–water partition coefficient (Wildman–Crippen LogP) is 0.749. The summed E-state index contributed by atoms with van der Waals surface area (Å²) in [6.45, 7) is 0. The van der Waals surface area contributed by atoms with Crippen molar-refractivity contribution in [3.05, 3.63) is 10.7 Å². The van der Waals surface area contributed by atoms with Gasteiger partial charge < -0.3 is 9.52 Å². The van der Waals surface area contributed by atoms with E-state index in [4.69, 9.17) is 9.52 Å². The molecule has 1 rings (SSSR count). The van der Waals surface area contributed by atoms with Crippen molar-refractivity contribution < 1.29 is 14.3 Å². The molecule has 60 valence electrons. The first-order chi connectivity index (χ1) is 5.18. The molecule has 0 atom stereocenters. The molecule has 2 N–H and O–H groups in total. The normalized spacial score (nSPS) is 9.82. The van der Waals surface area contributed by atoms with Gasteiger partial charge in [0, 0.05) is 6.42 Å². The van der Waals surface area contributed by atoms with Crippen LogP contribution in [-0.2, 0) is 11.2 Å². The van der Waals surface area contributed by atoms with Crippen molar-refractivity contribution in [2.75, 3.05) is 0 Å². The van der Waals surface area contributed by atoms with Crippen LogP contribution in [0.4, 0.5) is 0 Å². The molecule has 0 saturated carbocycles.